The molecule has 0 atom stereocenters. The first-order chi connectivity index (χ1) is 7.95. The van der Waals surface area contributed by atoms with Gasteiger partial charge in [-0.25, -0.2) is 0 Å². The largest absolute Gasteiger partial charge is 0.409 e. The van der Waals surface area contributed by atoms with Gasteiger partial charge in [0.15, 0.2) is 5.84 Å². The zero-order valence-electron chi connectivity index (χ0n) is 10.3. The van der Waals surface area contributed by atoms with Crippen molar-refractivity contribution in [2.45, 2.75) is 13.8 Å². The summed E-state index contributed by atoms with van der Waals surface area (Å²) < 4.78 is 0.820. The molecule has 17 heavy (non-hydrogen) atoms. The Balaban J connectivity index is 2.96. The Kier molecular flexibility index (Phi) is 4.81. The molecule has 0 aliphatic rings. The molecule has 1 rings (SSSR count). The highest BCUT2D eigenvalue weighted by molar-refractivity contribution is 9.10. The van der Waals surface area contributed by atoms with Crippen molar-refractivity contribution in [3.05, 3.63) is 28.2 Å². The van der Waals surface area contributed by atoms with Crippen molar-refractivity contribution in [1.29, 1.82) is 0 Å². The molecule has 0 fully saturated rings. The third-order valence-electron chi connectivity index (χ3n) is 2.42. The summed E-state index contributed by atoms with van der Waals surface area (Å²) >= 11 is 3.42. The van der Waals surface area contributed by atoms with Crippen molar-refractivity contribution in [3.8, 4) is 0 Å². The van der Waals surface area contributed by atoms with E-state index in [0.29, 0.717) is 11.5 Å². The number of hydrogen-bond donors (Lipinski definition) is 2. The van der Waals surface area contributed by atoms with Crippen LogP contribution in [-0.4, -0.2) is 24.6 Å². The minimum absolute atomic E-state index is 0.106. The average Bonchev–Trinajstić information content (AvgIpc) is 2.27. The first kappa shape index (κ1) is 13.8. The predicted octanol–water partition coefficient (Wildman–Crippen LogP) is 2.64. The Morgan fingerprint density at radius 2 is 2.18 bits per heavy atom. The van der Waals surface area contributed by atoms with Crippen molar-refractivity contribution < 1.29 is 5.21 Å². The van der Waals surface area contributed by atoms with Gasteiger partial charge in [0, 0.05) is 29.3 Å². The van der Waals surface area contributed by atoms with E-state index in [1.165, 1.54) is 0 Å². The van der Waals surface area contributed by atoms with E-state index in [1.807, 2.05) is 25.2 Å². The minimum atomic E-state index is 0.106. The standard InChI is InChI=1S/C12H18BrN3O/c1-8(2)7-16(3)9-4-5-10(11(13)6-9)12(14)15-17/h4-6,8,17H,7H2,1-3H3,(H2,14,15). The Hall–Kier alpha value is -1.23. The van der Waals surface area contributed by atoms with Gasteiger partial charge in [0.25, 0.3) is 0 Å². The fourth-order valence-corrected chi connectivity index (χ4v) is 2.23. The summed E-state index contributed by atoms with van der Waals surface area (Å²) in [6.45, 7) is 5.34. The molecular formula is C12H18BrN3O. The third kappa shape index (κ3) is 3.63. The molecule has 1 aromatic carbocycles. The number of halogens is 1. The lowest BCUT2D eigenvalue weighted by Gasteiger charge is -2.22. The van der Waals surface area contributed by atoms with Crippen molar-refractivity contribution in [2.75, 3.05) is 18.5 Å². The van der Waals surface area contributed by atoms with Gasteiger partial charge in [-0.3, -0.25) is 0 Å². The summed E-state index contributed by atoms with van der Waals surface area (Å²) in [7, 11) is 2.05. The summed E-state index contributed by atoms with van der Waals surface area (Å²) in [6, 6.07) is 5.77. The minimum Gasteiger partial charge on any atom is -0.409 e. The maximum absolute atomic E-state index is 8.64. The predicted molar refractivity (Wildman–Crippen MR) is 74.8 cm³/mol. The lowest BCUT2D eigenvalue weighted by atomic mass is 10.1. The number of oxime groups is 1. The summed E-state index contributed by atoms with van der Waals surface area (Å²) in [6.07, 6.45) is 0. The van der Waals surface area contributed by atoms with E-state index in [1.54, 1.807) is 0 Å². The number of nitrogens with zero attached hydrogens (tertiary/aromatic N) is 2. The molecule has 0 saturated heterocycles. The van der Waals surface area contributed by atoms with Gasteiger partial charge in [-0.05, 0) is 40.0 Å². The second kappa shape index (κ2) is 5.91. The summed E-state index contributed by atoms with van der Waals surface area (Å²) in [5.74, 6) is 0.706. The highest BCUT2D eigenvalue weighted by Crippen LogP contribution is 2.24. The molecule has 0 heterocycles. The van der Waals surface area contributed by atoms with Gasteiger partial charge in [0.05, 0.1) is 0 Å². The molecule has 3 N–H and O–H groups in total. The van der Waals surface area contributed by atoms with E-state index in [0.717, 1.165) is 16.7 Å². The topological polar surface area (TPSA) is 61.8 Å². The molecule has 0 aliphatic carbocycles. The van der Waals surface area contributed by atoms with Gasteiger partial charge in [-0.15, -0.1) is 0 Å². The second-order valence-corrected chi connectivity index (χ2v) is 5.28. The van der Waals surface area contributed by atoms with Crippen LogP contribution in [0.15, 0.2) is 27.8 Å². The highest BCUT2D eigenvalue weighted by Gasteiger charge is 2.09. The fraction of sp³-hybridized carbons (Fsp3) is 0.417. The third-order valence-corrected chi connectivity index (χ3v) is 3.07. The number of anilines is 1. The van der Waals surface area contributed by atoms with Crippen molar-refractivity contribution in [1.82, 2.24) is 0 Å². The average molecular weight is 300 g/mol. The van der Waals surface area contributed by atoms with Crippen molar-refractivity contribution in [3.63, 3.8) is 0 Å². The van der Waals surface area contributed by atoms with Crippen LogP contribution in [0.25, 0.3) is 0 Å². The molecule has 0 aromatic heterocycles. The van der Waals surface area contributed by atoms with Crippen LogP contribution < -0.4 is 10.6 Å². The number of rotatable bonds is 4. The van der Waals surface area contributed by atoms with E-state index in [9.17, 15) is 0 Å². The molecular weight excluding hydrogens is 282 g/mol. The number of benzene rings is 1. The molecule has 0 bridgehead atoms. The first-order valence-electron chi connectivity index (χ1n) is 5.44. The van der Waals surface area contributed by atoms with Gasteiger partial charge in [0.1, 0.15) is 0 Å². The van der Waals surface area contributed by atoms with Crippen LogP contribution in [0.5, 0.6) is 0 Å². The number of hydrogen-bond acceptors (Lipinski definition) is 3. The van der Waals surface area contributed by atoms with E-state index in [2.05, 4.69) is 39.8 Å². The molecule has 0 unspecified atom stereocenters. The Morgan fingerprint density at radius 3 is 2.65 bits per heavy atom. The van der Waals surface area contributed by atoms with Gasteiger partial charge < -0.3 is 15.8 Å². The first-order valence-corrected chi connectivity index (χ1v) is 6.23. The highest BCUT2D eigenvalue weighted by atomic mass is 79.9. The SMILES string of the molecule is CC(C)CN(C)c1ccc(/C(N)=N/O)c(Br)c1. The second-order valence-electron chi connectivity index (χ2n) is 4.42. The summed E-state index contributed by atoms with van der Waals surface area (Å²) in [4.78, 5) is 2.17. The Morgan fingerprint density at radius 1 is 1.53 bits per heavy atom. The van der Waals surface area contributed by atoms with Crippen LogP contribution in [0, 0.1) is 5.92 Å². The van der Waals surface area contributed by atoms with Gasteiger partial charge in [-0.2, -0.15) is 0 Å². The maximum atomic E-state index is 8.64. The monoisotopic (exact) mass is 299 g/mol. The van der Waals surface area contributed by atoms with Crippen molar-refractivity contribution in [2.24, 2.45) is 16.8 Å². The Labute approximate surface area is 110 Å². The maximum Gasteiger partial charge on any atom is 0.171 e. The van der Waals surface area contributed by atoms with Gasteiger partial charge in [-0.1, -0.05) is 19.0 Å². The lowest BCUT2D eigenvalue weighted by Crippen LogP contribution is -2.22. The smallest absolute Gasteiger partial charge is 0.171 e. The van der Waals surface area contributed by atoms with Crippen LogP contribution >= 0.6 is 15.9 Å². The summed E-state index contributed by atoms with van der Waals surface area (Å²) in [5, 5.41) is 11.6. The molecule has 5 heteroatoms. The van der Waals surface area contributed by atoms with Crippen LogP contribution in [0.3, 0.4) is 0 Å². The molecule has 1 aromatic rings. The molecule has 0 spiro atoms. The molecule has 4 nitrogen and oxygen atoms in total. The molecule has 0 amide bonds. The van der Waals surface area contributed by atoms with Crippen molar-refractivity contribution >= 4 is 27.5 Å². The van der Waals surface area contributed by atoms with Gasteiger partial charge >= 0.3 is 0 Å². The van der Waals surface area contributed by atoms with Crippen LogP contribution in [0.1, 0.15) is 19.4 Å². The Bertz CT molecular complexity index is 418. The molecule has 0 aliphatic heterocycles. The zero-order valence-corrected chi connectivity index (χ0v) is 11.9. The van der Waals surface area contributed by atoms with Crippen LogP contribution in [-0.2, 0) is 0 Å². The zero-order chi connectivity index (χ0) is 13.0. The lowest BCUT2D eigenvalue weighted by molar-refractivity contribution is 0.318. The molecule has 94 valence electrons. The number of nitrogens with two attached hydrogens (primary N) is 1. The van der Waals surface area contributed by atoms with E-state index < -0.39 is 0 Å². The van der Waals surface area contributed by atoms with Crippen LogP contribution in [0.4, 0.5) is 5.69 Å². The molecule has 0 saturated carbocycles. The molecule has 0 radical (unpaired) electrons. The summed E-state index contributed by atoms with van der Waals surface area (Å²) in [5.41, 5.74) is 7.34. The van der Waals surface area contributed by atoms with E-state index >= 15 is 0 Å². The van der Waals surface area contributed by atoms with Gasteiger partial charge in [0.2, 0.25) is 0 Å². The number of amidine groups is 1. The van der Waals surface area contributed by atoms with E-state index in [4.69, 9.17) is 10.9 Å². The van der Waals surface area contributed by atoms with Crippen LogP contribution in [0.2, 0.25) is 0 Å². The normalized spacial score (nSPS) is 11.9. The fourth-order valence-electron chi connectivity index (χ4n) is 1.66. The van der Waals surface area contributed by atoms with E-state index in [-0.39, 0.29) is 5.84 Å². The quantitative estimate of drug-likeness (QED) is 0.389.